The standard InChI is InChI=1S/2C20H22F14N3.2C2H6O2.2Zn/c2*21-15(22,17(25,26)19(29,30)31)13(35-11-7-3-1-4-8-11)37-14(36-12-9-5-2-6-10-12)16(23,24)18(27,28)20(32,33)34;2*1-2-4-3;;/h2*11-12H,1-10H2;2*3H,2H2,1H3;;/q2*-1;;;2*+2/p-2. The summed E-state index contributed by atoms with van der Waals surface area (Å²) < 4.78 is 380. The number of aliphatic imine (C=N–C) groups is 4. The zero-order valence-electron chi connectivity index (χ0n) is 44.2. The Balaban J connectivity index is 0. The Morgan fingerprint density at radius 3 is 0.726 bits per heavy atom. The van der Waals surface area contributed by atoms with Gasteiger partial charge in [0.2, 0.25) is 0 Å². The van der Waals surface area contributed by atoms with Crippen molar-refractivity contribution in [2.75, 3.05) is 13.2 Å². The van der Waals surface area contributed by atoms with Gasteiger partial charge in [-0.2, -0.15) is 123 Å². The van der Waals surface area contributed by atoms with Crippen molar-refractivity contribution in [1.82, 2.24) is 0 Å². The van der Waals surface area contributed by atoms with Gasteiger partial charge in [0.25, 0.3) is 0 Å². The molecule has 0 bridgehead atoms. The maximum absolute atomic E-state index is 14.6. The van der Waals surface area contributed by atoms with Crippen LogP contribution < -0.4 is 10.5 Å². The number of alkyl halides is 28. The van der Waals surface area contributed by atoms with Gasteiger partial charge in [-0.05, 0) is 63.3 Å². The van der Waals surface area contributed by atoms with Crippen LogP contribution in [0.15, 0.2) is 20.0 Å². The molecule has 0 aromatic rings. The Kier molecular flexibility index (Phi) is 33.1. The predicted molar refractivity (Wildman–Crippen MR) is 231 cm³/mol. The van der Waals surface area contributed by atoms with E-state index in [0.717, 1.165) is 0 Å². The summed E-state index contributed by atoms with van der Waals surface area (Å²) in [7, 11) is 0. The third kappa shape index (κ3) is 21.3. The molecule has 0 N–H and O–H groups in total. The van der Waals surface area contributed by atoms with E-state index in [0.29, 0.717) is 25.7 Å². The second kappa shape index (κ2) is 33.3. The summed E-state index contributed by atoms with van der Waals surface area (Å²) >= 11 is 0. The minimum absolute atomic E-state index is 0. The van der Waals surface area contributed by atoms with Crippen molar-refractivity contribution in [3.8, 4) is 0 Å². The number of hydrogen-bond acceptors (Lipinski definition) is 6. The summed E-state index contributed by atoms with van der Waals surface area (Å²) in [5, 5.41) is 23.5. The molecule has 4 rings (SSSR count). The van der Waals surface area contributed by atoms with E-state index >= 15 is 0 Å². The Bertz CT molecular complexity index is 1900. The molecular formula is C44H54F28N6O4Zn2. The van der Waals surface area contributed by atoms with E-state index in [-0.39, 0.29) is 155 Å². The van der Waals surface area contributed by atoms with Crippen LogP contribution in [0.3, 0.4) is 0 Å². The average molecular weight is 1390 g/mol. The van der Waals surface area contributed by atoms with Crippen molar-refractivity contribution in [1.29, 1.82) is 0 Å². The Morgan fingerprint density at radius 1 is 0.345 bits per heavy atom. The van der Waals surface area contributed by atoms with Crippen LogP contribution >= 0.6 is 0 Å². The van der Waals surface area contributed by atoms with Crippen molar-refractivity contribution < 1.29 is 182 Å². The van der Waals surface area contributed by atoms with Gasteiger partial charge in [-0.15, -0.1) is 0 Å². The Labute approximate surface area is 486 Å². The topological polar surface area (TPSA) is 142 Å². The van der Waals surface area contributed by atoms with Gasteiger partial charge in [0.05, 0.1) is 23.8 Å². The smallest absolute Gasteiger partial charge is 0.723 e. The molecule has 0 aromatic heterocycles. The Hall–Kier alpha value is -2.59. The normalized spacial score (nSPS) is 19.5. The summed E-state index contributed by atoms with van der Waals surface area (Å²) in [6, 6.07) is -5.80. The molecule has 0 radical (unpaired) electrons. The monoisotopic (exact) mass is 1390 g/mol. The number of nitrogens with zero attached hydrogens (tertiary/aromatic N) is 6. The largest absolute Gasteiger partial charge is 2.00 e. The van der Waals surface area contributed by atoms with Crippen molar-refractivity contribution in [3.63, 3.8) is 0 Å². The average Bonchev–Trinajstić information content (AvgIpc) is 3.37. The maximum atomic E-state index is 14.6. The summed E-state index contributed by atoms with van der Waals surface area (Å²) in [5.74, 6) is -65.8. The van der Waals surface area contributed by atoms with Crippen LogP contribution in [0.1, 0.15) is 142 Å². The van der Waals surface area contributed by atoms with Gasteiger partial charge in [-0.25, -0.2) is 0 Å². The molecular weight excluding hydrogens is 1340 g/mol. The Morgan fingerprint density at radius 2 is 0.536 bits per heavy atom. The van der Waals surface area contributed by atoms with Crippen LogP contribution in [0.2, 0.25) is 0 Å². The fourth-order valence-corrected chi connectivity index (χ4v) is 7.73. The molecule has 0 aliphatic heterocycles. The zero-order valence-corrected chi connectivity index (χ0v) is 50.1. The number of amidine groups is 4. The van der Waals surface area contributed by atoms with E-state index in [1.807, 2.05) is 0 Å². The van der Waals surface area contributed by atoms with E-state index in [9.17, 15) is 123 Å². The molecule has 0 atom stereocenters. The summed E-state index contributed by atoms with van der Waals surface area (Å²) in [5.41, 5.74) is 0. The first-order valence-electron chi connectivity index (χ1n) is 24.7. The van der Waals surface area contributed by atoms with E-state index < -0.39 is 120 Å². The van der Waals surface area contributed by atoms with Crippen molar-refractivity contribution >= 4 is 23.3 Å². The van der Waals surface area contributed by atoms with E-state index in [1.165, 1.54) is 0 Å². The molecule has 84 heavy (non-hydrogen) atoms. The fourth-order valence-electron chi connectivity index (χ4n) is 7.73. The number of hydrogen-bond donors (Lipinski definition) is 0. The first-order valence-corrected chi connectivity index (χ1v) is 24.7. The molecule has 0 unspecified atom stereocenters. The molecule has 0 amide bonds. The van der Waals surface area contributed by atoms with Gasteiger partial charge in [-0.1, -0.05) is 103 Å². The van der Waals surface area contributed by atoms with Gasteiger partial charge >= 0.3 is 111 Å². The first-order chi connectivity index (χ1) is 37.1. The number of rotatable bonds is 14. The zero-order chi connectivity index (χ0) is 63.8. The predicted octanol–water partition coefficient (Wildman–Crippen LogP) is 15.6. The van der Waals surface area contributed by atoms with Crippen LogP contribution in [0, 0.1) is 0 Å². The third-order valence-electron chi connectivity index (χ3n) is 12.3. The van der Waals surface area contributed by atoms with Crippen molar-refractivity contribution in [2.45, 2.75) is 239 Å². The summed E-state index contributed by atoms with van der Waals surface area (Å²) in [6.45, 7) is 3.82. The van der Waals surface area contributed by atoms with Gasteiger partial charge in [0.1, 0.15) is 0 Å². The van der Waals surface area contributed by atoms with Crippen LogP contribution in [-0.4, -0.2) is 133 Å². The van der Waals surface area contributed by atoms with E-state index in [1.54, 1.807) is 13.8 Å². The first kappa shape index (κ1) is 83.5. The van der Waals surface area contributed by atoms with Crippen LogP contribution in [0.5, 0.6) is 0 Å². The van der Waals surface area contributed by atoms with Gasteiger partial charge in [0.15, 0.2) is 0 Å². The SMILES string of the molecule is CCO[O-].CCO[O-].FC(F)(F)C(F)(F)C(F)(F)C(=NC1CCCCC1)N=C([N-]C1CCCCC1)C(F)(F)C(F)(F)C(F)(F)F.FC(F)(F)C(F)(F)C(F)(F)C(=NC1CCCCC1)N=C([N-]C1CCCCC1)C(F)(F)C(F)(F)C(F)(F)F.[Zn+2].[Zn+2]. The quantitative estimate of drug-likeness (QED) is 0.0426. The number of halogens is 28. The molecule has 4 aliphatic rings. The van der Waals surface area contributed by atoms with E-state index in [4.69, 9.17) is 10.5 Å². The van der Waals surface area contributed by atoms with Crippen molar-refractivity contribution in [3.05, 3.63) is 10.6 Å². The second-order valence-electron chi connectivity index (χ2n) is 18.6. The van der Waals surface area contributed by atoms with Crippen LogP contribution in [-0.2, 0) is 48.7 Å². The third-order valence-corrected chi connectivity index (χ3v) is 12.3. The molecule has 0 saturated heterocycles. The molecule has 0 heterocycles. The molecule has 10 nitrogen and oxygen atoms in total. The second-order valence-corrected chi connectivity index (χ2v) is 18.6. The molecule has 0 spiro atoms. The minimum atomic E-state index is -6.99. The fraction of sp³-hybridized carbons (Fsp3) is 0.909. The summed E-state index contributed by atoms with van der Waals surface area (Å²) in [6.07, 6.45) is -25.8. The molecule has 40 heteroatoms. The van der Waals surface area contributed by atoms with E-state index in [2.05, 4.69) is 40.4 Å². The summed E-state index contributed by atoms with van der Waals surface area (Å²) in [4.78, 5) is 16.9. The van der Waals surface area contributed by atoms with Gasteiger partial charge in [-0.3, -0.25) is 9.98 Å². The van der Waals surface area contributed by atoms with Crippen molar-refractivity contribution in [2.24, 2.45) is 20.0 Å². The molecule has 484 valence electrons. The van der Waals surface area contributed by atoms with Gasteiger partial charge in [0, 0.05) is 13.2 Å². The molecule has 4 saturated carbocycles. The maximum Gasteiger partial charge on any atom is 2.00 e. The molecule has 4 aliphatic carbocycles. The van der Waals surface area contributed by atoms with Gasteiger partial charge < -0.3 is 40.9 Å². The van der Waals surface area contributed by atoms with Crippen LogP contribution in [0.4, 0.5) is 123 Å². The molecule has 0 aromatic carbocycles. The van der Waals surface area contributed by atoms with Crippen LogP contribution in [0.25, 0.3) is 10.6 Å². The molecule has 4 fully saturated rings. The minimum Gasteiger partial charge on any atom is -0.723 e.